The van der Waals surface area contributed by atoms with Crippen LogP contribution in [0.25, 0.3) is 16.6 Å². The van der Waals surface area contributed by atoms with E-state index in [1.165, 1.54) is 32.8 Å². The van der Waals surface area contributed by atoms with Gasteiger partial charge < -0.3 is 0 Å². The van der Waals surface area contributed by atoms with Crippen LogP contribution in [0, 0.1) is 5.82 Å². The summed E-state index contributed by atoms with van der Waals surface area (Å²) in [6.07, 6.45) is 1.67. The van der Waals surface area contributed by atoms with Crippen molar-refractivity contribution < 1.29 is 12.8 Å². The number of benzene rings is 3. The topological polar surface area (TPSA) is 72.3 Å². The number of para-hydroxylation sites is 1. The minimum Gasteiger partial charge on any atom is -0.268 e. The average Bonchev–Trinajstić information content (AvgIpc) is 3.40. The van der Waals surface area contributed by atoms with Gasteiger partial charge in [-0.3, -0.25) is 9.36 Å². The van der Waals surface area contributed by atoms with Crippen LogP contribution in [0.2, 0.25) is 0 Å². The highest BCUT2D eigenvalue weighted by molar-refractivity contribution is 7.98. The maximum Gasteiger partial charge on any atom is 0.266 e. The Hall–Kier alpha value is -3.01. The third-order valence-corrected chi connectivity index (χ3v) is 8.72. The second-order valence-electron chi connectivity index (χ2n) is 8.04. The first kappa shape index (κ1) is 22.8. The molecule has 1 aliphatic rings. The SMILES string of the molecule is O=c1c2ccccc2nc(SCc2ccccc2F)n1-c1cccc(S(=O)(=O)N2CCCC2)c1. The molecule has 1 fully saturated rings. The number of hydrogen-bond donors (Lipinski definition) is 0. The highest BCUT2D eigenvalue weighted by Gasteiger charge is 2.27. The lowest BCUT2D eigenvalue weighted by Gasteiger charge is -2.17. The number of hydrogen-bond acceptors (Lipinski definition) is 5. The van der Waals surface area contributed by atoms with E-state index in [0.29, 0.717) is 40.4 Å². The van der Waals surface area contributed by atoms with E-state index < -0.39 is 10.0 Å². The molecule has 0 bridgehead atoms. The number of sulfonamides is 1. The Morgan fingerprint density at radius 3 is 2.47 bits per heavy atom. The third kappa shape index (κ3) is 4.26. The molecule has 0 spiro atoms. The van der Waals surface area contributed by atoms with Crippen LogP contribution in [0.5, 0.6) is 0 Å². The Balaban J connectivity index is 1.62. The lowest BCUT2D eigenvalue weighted by molar-refractivity contribution is 0.477. The number of aromatic nitrogens is 2. The largest absolute Gasteiger partial charge is 0.268 e. The fourth-order valence-corrected chi connectivity index (χ4v) is 6.61. The van der Waals surface area contributed by atoms with Gasteiger partial charge >= 0.3 is 0 Å². The van der Waals surface area contributed by atoms with E-state index in [1.54, 1.807) is 60.7 Å². The summed E-state index contributed by atoms with van der Waals surface area (Å²) in [5.74, 6) is -0.0631. The number of thioether (sulfide) groups is 1. The van der Waals surface area contributed by atoms with E-state index in [-0.39, 0.29) is 22.0 Å². The molecule has 0 unspecified atom stereocenters. The van der Waals surface area contributed by atoms with Crippen molar-refractivity contribution in [2.24, 2.45) is 0 Å². The lowest BCUT2D eigenvalue weighted by atomic mass is 10.2. The molecule has 0 saturated carbocycles. The Morgan fingerprint density at radius 1 is 0.941 bits per heavy atom. The van der Waals surface area contributed by atoms with Crippen molar-refractivity contribution in [3.8, 4) is 5.69 Å². The minimum atomic E-state index is -3.66. The van der Waals surface area contributed by atoms with Crippen molar-refractivity contribution in [3.05, 3.63) is 94.5 Å². The predicted molar refractivity (Wildman–Crippen MR) is 131 cm³/mol. The summed E-state index contributed by atoms with van der Waals surface area (Å²) in [7, 11) is -3.66. The fraction of sp³-hybridized carbons (Fsp3) is 0.200. The Morgan fingerprint density at radius 2 is 1.68 bits per heavy atom. The van der Waals surface area contributed by atoms with Gasteiger partial charge in [-0.1, -0.05) is 48.2 Å². The van der Waals surface area contributed by atoms with Crippen molar-refractivity contribution >= 4 is 32.7 Å². The minimum absolute atomic E-state index is 0.136. The van der Waals surface area contributed by atoms with Gasteiger partial charge in [0.05, 0.1) is 21.5 Å². The van der Waals surface area contributed by atoms with Crippen LogP contribution in [0.4, 0.5) is 4.39 Å². The second kappa shape index (κ2) is 9.32. The first-order chi connectivity index (χ1) is 16.4. The van der Waals surface area contributed by atoms with Crippen LogP contribution in [0.15, 0.2) is 87.6 Å². The van der Waals surface area contributed by atoms with Gasteiger partial charge in [-0.25, -0.2) is 17.8 Å². The molecule has 0 atom stereocenters. The Bertz CT molecular complexity index is 1530. The van der Waals surface area contributed by atoms with E-state index in [1.807, 2.05) is 0 Å². The van der Waals surface area contributed by atoms with Gasteiger partial charge in [0, 0.05) is 18.8 Å². The predicted octanol–water partition coefficient (Wildman–Crippen LogP) is 4.60. The monoisotopic (exact) mass is 495 g/mol. The van der Waals surface area contributed by atoms with E-state index in [4.69, 9.17) is 0 Å². The van der Waals surface area contributed by atoms with Crippen molar-refractivity contribution in [2.45, 2.75) is 28.6 Å². The number of fused-ring (bicyclic) bond motifs is 1. The third-order valence-electron chi connectivity index (χ3n) is 5.84. The molecule has 1 saturated heterocycles. The highest BCUT2D eigenvalue weighted by atomic mass is 32.2. The van der Waals surface area contributed by atoms with E-state index in [9.17, 15) is 17.6 Å². The Labute approximate surface area is 201 Å². The molecule has 5 rings (SSSR count). The summed E-state index contributed by atoms with van der Waals surface area (Å²) >= 11 is 1.23. The molecule has 4 aromatic rings. The van der Waals surface area contributed by atoms with Crippen LogP contribution < -0.4 is 5.56 Å². The molecule has 1 aliphatic heterocycles. The highest BCUT2D eigenvalue weighted by Crippen LogP contribution is 2.28. The average molecular weight is 496 g/mol. The van der Waals surface area contributed by atoms with Gasteiger partial charge in [0.2, 0.25) is 10.0 Å². The molecular formula is C25H22FN3O3S2. The Kier molecular flexibility index (Phi) is 6.24. The first-order valence-electron chi connectivity index (χ1n) is 10.9. The zero-order valence-electron chi connectivity index (χ0n) is 18.2. The second-order valence-corrected chi connectivity index (χ2v) is 10.9. The van der Waals surface area contributed by atoms with Gasteiger partial charge in [0.1, 0.15) is 5.82 Å². The fourth-order valence-electron chi connectivity index (χ4n) is 4.06. The van der Waals surface area contributed by atoms with Crippen LogP contribution in [0.3, 0.4) is 0 Å². The molecule has 0 amide bonds. The molecule has 0 radical (unpaired) electrons. The zero-order valence-corrected chi connectivity index (χ0v) is 19.9. The standard InChI is InChI=1S/C25H22FN3O3S2/c26-22-12-3-1-8-18(22)17-33-25-27-23-13-4-2-11-21(23)24(30)29(25)19-9-7-10-20(16-19)34(31,32)28-14-5-6-15-28/h1-4,7-13,16H,5-6,14-15,17H2. The van der Waals surface area contributed by atoms with Crippen LogP contribution in [0.1, 0.15) is 18.4 Å². The maximum atomic E-state index is 14.2. The summed E-state index contributed by atoms with van der Waals surface area (Å²) in [5, 5.41) is 0.785. The number of rotatable bonds is 6. The molecule has 174 valence electrons. The van der Waals surface area contributed by atoms with Gasteiger partial charge in [-0.05, 0) is 54.8 Å². The molecule has 6 nitrogen and oxygen atoms in total. The van der Waals surface area contributed by atoms with Gasteiger partial charge in [-0.2, -0.15) is 4.31 Å². The summed E-state index contributed by atoms with van der Waals surface area (Å²) < 4.78 is 43.3. The molecule has 3 aromatic carbocycles. The first-order valence-corrected chi connectivity index (χ1v) is 13.4. The molecule has 9 heteroatoms. The normalized spacial score (nSPS) is 14.6. The van der Waals surface area contributed by atoms with Crippen LogP contribution in [-0.2, 0) is 15.8 Å². The molecule has 1 aromatic heterocycles. The molecule has 34 heavy (non-hydrogen) atoms. The molecule has 0 aliphatic carbocycles. The summed E-state index contributed by atoms with van der Waals surface area (Å²) in [5.41, 5.74) is 1.12. The van der Waals surface area contributed by atoms with Crippen molar-refractivity contribution in [2.75, 3.05) is 13.1 Å². The number of halogens is 1. The summed E-state index contributed by atoms with van der Waals surface area (Å²) in [6.45, 7) is 0.988. The van der Waals surface area contributed by atoms with E-state index in [2.05, 4.69) is 4.98 Å². The van der Waals surface area contributed by atoms with Crippen molar-refractivity contribution in [1.82, 2.24) is 13.9 Å². The zero-order chi connectivity index (χ0) is 23.7. The maximum absolute atomic E-state index is 14.2. The van der Waals surface area contributed by atoms with Gasteiger partial charge in [0.15, 0.2) is 5.16 Å². The molecule has 0 N–H and O–H groups in total. The van der Waals surface area contributed by atoms with Crippen molar-refractivity contribution in [1.29, 1.82) is 0 Å². The van der Waals surface area contributed by atoms with Crippen LogP contribution >= 0.6 is 11.8 Å². The summed E-state index contributed by atoms with van der Waals surface area (Å²) in [4.78, 5) is 18.3. The smallest absolute Gasteiger partial charge is 0.266 e. The van der Waals surface area contributed by atoms with Crippen molar-refractivity contribution in [3.63, 3.8) is 0 Å². The van der Waals surface area contributed by atoms with Gasteiger partial charge in [0.25, 0.3) is 5.56 Å². The molecule has 2 heterocycles. The number of nitrogens with zero attached hydrogens (tertiary/aromatic N) is 3. The van der Waals surface area contributed by atoms with Gasteiger partial charge in [-0.15, -0.1) is 0 Å². The molecular weight excluding hydrogens is 473 g/mol. The lowest BCUT2D eigenvalue weighted by Crippen LogP contribution is -2.28. The quantitative estimate of drug-likeness (QED) is 0.289. The summed E-state index contributed by atoms with van der Waals surface area (Å²) in [6, 6.07) is 19.8. The van der Waals surface area contributed by atoms with Crippen LogP contribution in [-0.4, -0.2) is 35.4 Å². The van der Waals surface area contributed by atoms with E-state index in [0.717, 1.165) is 12.8 Å². The van der Waals surface area contributed by atoms with E-state index >= 15 is 0 Å².